The lowest BCUT2D eigenvalue weighted by Crippen LogP contribution is -2.65. The van der Waals surface area contributed by atoms with Crippen LogP contribution >= 0.6 is 0 Å². The number of carbonyl (C=O) groups is 4. The van der Waals surface area contributed by atoms with Crippen molar-refractivity contribution in [2.45, 2.75) is 172 Å². The van der Waals surface area contributed by atoms with Crippen LogP contribution in [-0.4, -0.2) is 157 Å². The molecule has 0 spiro atoms. The van der Waals surface area contributed by atoms with Crippen molar-refractivity contribution in [2.24, 2.45) is 11.8 Å². The first-order chi connectivity index (χ1) is 26.8. The third-order valence-corrected chi connectivity index (χ3v) is 11.0. The molecule has 17 heteroatoms. The quantitative estimate of drug-likeness (QED) is 0.0889. The number of methoxy groups -OCH3 is 1. The van der Waals surface area contributed by atoms with Gasteiger partial charge in [-0.3, -0.25) is 9.59 Å². The molecule has 0 aromatic heterocycles. The fourth-order valence-corrected chi connectivity index (χ4v) is 8.01. The van der Waals surface area contributed by atoms with Gasteiger partial charge in [0.25, 0.3) is 0 Å². The van der Waals surface area contributed by atoms with Gasteiger partial charge in [0.1, 0.15) is 48.2 Å². The SMILES string of the molecule is CCC(=O)O/C1=C/C(=O)O[C@H](C)CC2OC2/C=C/[C@H](O)[C@H](C)C[C@H](CC=O)[C@H](O[C@@H]2O[C@H](C)[C@@H](O[C@H]3C[C@@](C)(O)[C@@H](OC(C)=O)[C@H](C)O3)[C@H](N(C)C)[C@H]2O)[C@H]1OC. The Labute approximate surface area is 334 Å². The zero-order valence-electron chi connectivity index (χ0n) is 34.7. The summed E-state index contributed by atoms with van der Waals surface area (Å²) in [6.07, 6.45) is -6.13. The van der Waals surface area contributed by atoms with E-state index >= 15 is 0 Å². The van der Waals surface area contributed by atoms with E-state index in [2.05, 4.69) is 0 Å². The number of aliphatic hydroxyl groups excluding tert-OH is 2. The zero-order chi connectivity index (χ0) is 42.4. The first-order valence-corrected chi connectivity index (χ1v) is 19.8. The van der Waals surface area contributed by atoms with Crippen LogP contribution in [0.15, 0.2) is 24.0 Å². The molecule has 17 nitrogen and oxygen atoms in total. The molecule has 3 N–H and O–H groups in total. The van der Waals surface area contributed by atoms with Crippen LogP contribution in [0, 0.1) is 11.8 Å². The van der Waals surface area contributed by atoms with E-state index in [9.17, 15) is 34.5 Å². The van der Waals surface area contributed by atoms with E-state index < -0.39 is 109 Å². The number of ether oxygens (including phenoxy) is 9. The molecule has 4 heterocycles. The summed E-state index contributed by atoms with van der Waals surface area (Å²) < 4.78 is 53.7. The van der Waals surface area contributed by atoms with Crippen LogP contribution in [-0.2, 0) is 61.8 Å². The van der Waals surface area contributed by atoms with Gasteiger partial charge in [-0.2, -0.15) is 0 Å². The van der Waals surface area contributed by atoms with Crippen LogP contribution in [0.25, 0.3) is 0 Å². The molecule has 57 heavy (non-hydrogen) atoms. The van der Waals surface area contributed by atoms with Crippen molar-refractivity contribution in [3.8, 4) is 0 Å². The third-order valence-electron chi connectivity index (χ3n) is 11.0. The molecule has 324 valence electrons. The number of likely N-dealkylation sites (N-methyl/N-ethyl adjacent to an activating group) is 1. The van der Waals surface area contributed by atoms with Crippen molar-refractivity contribution in [1.29, 1.82) is 0 Å². The number of esters is 3. The largest absolute Gasteiger partial charge is 0.459 e. The lowest BCUT2D eigenvalue weighted by molar-refractivity contribution is -0.342. The second kappa shape index (κ2) is 20.4. The van der Waals surface area contributed by atoms with Crippen molar-refractivity contribution in [1.82, 2.24) is 4.90 Å². The summed E-state index contributed by atoms with van der Waals surface area (Å²) in [5.74, 6) is -3.48. The number of hydrogen-bond acceptors (Lipinski definition) is 17. The molecule has 3 fully saturated rings. The van der Waals surface area contributed by atoms with Crippen LogP contribution in [0.5, 0.6) is 0 Å². The Hall–Kier alpha value is -2.84. The van der Waals surface area contributed by atoms with E-state index in [1.807, 2.05) is 6.92 Å². The summed E-state index contributed by atoms with van der Waals surface area (Å²) in [5, 5.41) is 34.5. The number of rotatable bonds is 11. The van der Waals surface area contributed by atoms with E-state index in [-0.39, 0.29) is 43.7 Å². The molecule has 0 saturated carbocycles. The minimum atomic E-state index is -1.50. The average Bonchev–Trinajstić information content (AvgIpc) is 3.86. The van der Waals surface area contributed by atoms with Crippen LogP contribution in [0.4, 0.5) is 0 Å². The van der Waals surface area contributed by atoms with E-state index in [1.54, 1.807) is 58.8 Å². The molecule has 0 aliphatic carbocycles. The Morgan fingerprint density at radius 1 is 1.02 bits per heavy atom. The summed E-state index contributed by atoms with van der Waals surface area (Å²) in [6.45, 7) is 11.3. The zero-order valence-corrected chi connectivity index (χ0v) is 34.7. The summed E-state index contributed by atoms with van der Waals surface area (Å²) in [7, 11) is 4.79. The van der Waals surface area contributed by atoms with Crippen LogP contribution < -0.4 is 0 Å². The smallest absolute Gasteiger partial charge is 0.334 e. The molecular weight excluding hydrogens is 750 g/mol. The Morgan fingerprint density at radius 2 is 1.72 bits per heavy atom. The maximum Gasteiger partial charge on any atom is 0.334 e. The van der Waals surface area contributed by atoms with Gasteiger partial charge in [-0.15, -0.1) is 0 Å². The van der Waals surface area contributed by atoms with Crippen molar-refractivity contribution in [3.63, 3.8) is 0 Å². The fourth-order valence-electron chi connectivity index (χ4n) is 8.01. The highest BCUT2D eigenvalue weighted by atomic mass is 16.7. The van der Waals surface area contributed by atoms with Crippen molar-refractivity contribution >= 4 is 24.2 Å². The van der Waals surface area contributed by atoms with E-state index in [0.717, 1.165) is 6.08 Å². The van der Waals surface area contributed by atoms with Gasteiger partial charge in [-0.25, -0.2) is 4.79 Å². The van der Waals surface area contributed by atoms with Crippen molar-refractivity contribution < 1.29 is 77.1 Å². The number of nitrogens with zero attached hydrogens (tertiary/aromatic N) is 1. The minimum absolute atomic E-state index is 0.0460. The predicted octanol–water partition coefficient (Wildman–Crippen LogP) is 1.71. The molecule has 0 radical (unpaired) electrons. The monoisotopic (exact) mass is 813 g/mol. The number of cyclic esters (lactones) is 1. The molecule has 4 rings (SSSR count). The number of aldehydes is 1. The maximum atomic E-state index is 13.3. The average molecular weight is 814 g/mol. The van der Waals surface area contributed by atoms with E-state index in [1.165, 1.54) is 21.0 Å². The lowest BCUT2D eigenvalue weighted by Gasteiger charge is -2.50. The standard InChI is InChI=1S/C40H63NO16/c1-11-30(45)55-29-18-31(46)50-21(3)17-28-27(54-28)13-12-26(44)20(2)16-25(14-15-42)36(37(29)49-10)57-39-34(47)33(41(8)9)35(22(4)52-39)56-32-19-40(7,48)38(23(5)51-32)53-24(6)43/h12-13,15,18,20-23,25-28,32-39,44,47-48H,11,14,16-17,19H2,1-10H3/b13-12+,29-18+/t20-,21-,22-,23+,25+,26+,27?,28?,32+,33-,34-,35-,36+,37+,38+,39+,40-/m1/s1. The van der Waals surface area contributed by atoms with Crippen LogP contribution in [0.2, 0.25) is 0 Å². The number of carbonyl (C=O) groups excluding carboxylic acids is 4. The molecule has 4 aliphatic rings. The van der Waals surface area contributed by atoms with Crippen molar-refractivity contribution in [2.75, 3.05) is 21.2 Å². The number of fused-ring (bicyclic) bond motifs is 1. The fraction of sp³-hybridized carbons (Fsp3) is 0.800. The van der Waals surface area contributed by atoms with Gasteiger partial charge in [-0.1, -0.05) is 26.0 Å². The topological polar surface area (TPSA) is 219 Å². The summed E-state index contributed by atoms with van der Waals surface area (Å²) in [6, 6.07) is -0.797. The van der Waals surface area contributed by atoms with Crippen LogP contribution in [0.3, 0.4) is 0 Å². The Balaban J connectivity index is 1.70. The second-order valence-corrected chi connectivity index (χ2v) is 16.1. The van der Waals surface area contributed by atoms with Gasteiger partial charge in [0.15, 0.2) is 18.7 Å². The molecule has 3 saturated heterocycles. The van der Waals surface area contributed by atoms with Gasteiger partial charge in [0.2, 0.25) is 0 Å². The molecule has 0 aromatic carbocycles. The molecule has 0 bridgehead atoms. The highest BCUT2D eigenvalue weighted by Gasteiger charge is 2.52. The minimum Gasteiger partial charge on any atom is -0.459 e. The normalized spacial score (nSPS) is 43.5. The molecule has 17 atom stereocenters. The van der Waals surface area contributed by atoms with E-state index in [0.29, 0.717) is 12.7 Å². The van der Waals surface area contributed by atoms with Gasteiger partial charge in [0, 0.05) is 39.7 Å². The molecule has 0 amide bonds. The van der Waals surface area contributed by atoms with Gasteiger partial charge in [-0.05, 0) is 60.0 Å². The van der Waals surface area contributed by atoms with E-state index in [4.69, 9.17) is 42.6 Å². The summed E-state index contributed by atoms with van der Waals surface area (Å²) >= 11 is 0. The predicted molar refractivity (Wildman–Crippen MR) is 200 cm³/mol. The number of aliphatic hydroxyl groups is 3. The molecular formula is C40H63NO16. The second-order valence-electron chi connectivity index (χ2n) is 16.1. The Kier molecular flexibility index (Phi) is 16.8. The highest BCUT2D eigenvalue weighted by Crippen LogP contribution is 2.38. The first-order valence-electron chi connectivity index (χ1n) is 19.8. The third kappa shape index (κ3) is 12.3. The van der Waals surface area contributed by atoms with Gasteiger partial charge in [0.05, 0.1) is 42.6 Å². The summed E-state index contributed by atoms with van der Waals surface area (Å²) in [5.41, 5.74) is -1.50. The Bertz CT molecular complexity index is 1440. The molecule has 2 unspecified atom stereocenters. The maximum absolute atomic E-state index is 13.3. The van der Waals surface area contributed by atoms with Gasteiger partial charge >= 0.3 is 17.9 Å². The Morgan fingerprint density at radius 3 is 2.32 bits per heavy atom. The summed E-state index contributed by atoms with van der Waals surface area (Å²) in [4.78, 5) is 51.9. The van der Waals surface area contributed by atoms with Crippen LogP contribution in [0.1, 0.15) is 80.6 Å². The highest BCUT2D eigenvalue weighted by molar-refractivity contribution is 5.83. The molecule has 4 aliphatic heterocycles. The molecule has 0 aromatic rings. The number of hydrogen-bond donors (Lipinski definition) is 3. The first kappa shape index (κ1) is 46.8. The lowest BCUT2D eigenvalue weighted by atomic mass is 9.83. The van der Waals surface area contributed by atoms with Gasteiger partial charge < -0.3 is 67.6 Å². The number of epoxide rings is 1. The van der Waals surface area contributed by atoms with Crippen molar-refractivity contribution in [3.05, 3.63) is 24.0 Å².